The van der Waals surface area contributed by atoms with E-state index in [2.05, 4.69) is 18.2 Å². The van der Waals surface area contributed by atoms with E-state index in [4.69, 9.17) is 5.73 Å². The lowest BCUT2D eigenvalue weighted by Crippen LogP contribution is -2.20. The van der Waals surface area contributed by atoms with Gasteiger partial charge in [-0.15, -0.1) is 0 Å². The van der Waals surface area contributed by atoms with E-state index in [1.54, 1.807) is 13.8 Å². The van der Waals surface area contributed by atoms with E-state index in [-0.39, 0.29) is 11.0 Å². The molecule has 20 heavy (non-hydrogen) atoms. The van der Waals surface area contributed by atoms with Crippen molar-refractivity contribution in [3.63, 3.8) is 0 Å². The van der Waals surface area contributed by atoms with Crippen molar-refractivity contribution in [2.75, 3.05) is 12.3 Å². The molecule has 1 aromatic carbocycles. The van der Waals surface area contributed by atoms with Crippen LogP contribution in [0.4, 0.5) is 0 Å². The van der Waals surface area contributed by atoms with E-state index in [9.17, 15) is 8.42 Å². The smallest absolute Gasteiger partial charge is 0.154 e. The van der Waals surface area contributed by atoms with E-state index in [0.29, 0.717) is 13.1 Å². The minimum atomic E-state index is -3.00. The molecule has 110 valence electrons. The van der Waals surface area contributed by atoms with Crippen molar-refractivity contribution < 1.29 is 8.42 Å². The molecule has 0 aliphatic heterocycles. The van der Waals surface area contributed by atoms with Crippen LogP contribution in [-0.4, -0.2) is 30.5 Å². The van der Waals surface area contributed by atoms with E-state index in [1.807, 2.05) is 16.8 Å². The zero-order valence-corrected chi connectivity index (χ0v) is 12.9. The fraction of sp³-hybridized carbons (Fsp3) is 0.467. The summed E-state index contributed by atoms with van der Waals surface area (Å²) in [7, 11) is -3.00. The third-order valence-electron chi connectivity index (χ3n) is 3.61. The van der Waals surface area contributed by atoms with Crippen molar-refractivity contribution >= 4 is 20.7 Å². The molecule has 0 saturated carbocycles. The van der Waals surface area contributed by atoms with Gasteiger partial charge in [0.15, 0.2) is 9.84 Å². The highest BCUT2D eigenvalue weighted by Gasteiger charge is 2.16. The van der Waals surface area contributed by atoms with Gasteiger partial charge in [-0.25, -0.2) is 8.42 Å². The lowest BCUT2D eigenvalue weighted by atomic mass is 10.1. The molecule has 4 nitrogen and oxygen atoms in total. The van der Waals surface area contributed by atoms with Crippen LogP contribution in [0.2, 0.25) is 0 Å². The van der Waals surface area contributed by atoms with Crippen molar-refractivity contribution in [2.45, 2.75) is 32.1 Å². The van der Waals surface area contributed by atoms with E-state index in [0.717, 1.165) is 17.3 Å². The van der Waals surface area contributed by atoms with Crippen molar-refractivity contribution in [3.8, 4) is 0 Å². The van der Waals surface area contributed by atoms with Crippen LogP contribution in [0.1, 0.15) is 19.4 Å². The van der Waals surface area contributed by atoms with Crippen molar-refractivity contribution in [1.82, 2.24) is 4.57 Å². The predicted molar refractivity (Wildman–Crippen MR) is 83.6 cm³/mol. The van der Waals surface area contributed by atoms with Crippen LogP contribution < -0.4 is 5.73 Å². The molecule has 2 aromatic rings. The van der Waals surface area contributed by atoms with Gasteiger partial charge >= 0.3 is 0 Å². The Balaban J connectivity index is 2.24. The van der Waals surface area contributed by atoms with Gasteiger partial charge in [-0.2, -0.15) is 0 Å². The lowest BCUT2D eigenvalue weighted by molar-refractivity contribution is 0.581. The topological polar surface area (TPSA) is 65.1 Å². The summed E-state index contributed by atoms with van der Waals surface area (Å²) in [4.78, 5) is 0. The van der Waals surface area contributed by atoms with Gasteiger partial charge in [0.2, 0.25) is 0 Å². The van der Waals surface area contributed by atoms with Crippen LogP contribution in [0, 0.1) is 0 Å². The Morgan fingerprint density at radius 2 is 2.00 bits per heavy atom. The molecule has 2 rings (SSSR count). The molecule has 2 N–H and O–H groups in total. The van der Waals surface area contributed by atoms with Crippen LogP contribution in [0.5, 0.6) is 0 Å². The van der Waals surface area contributed by atoms with Gasteiger partial charge in [0.25, 0.3) is 0 Å². The largest absolute Gasteiger partial charge is 0.346 e. The van der Waals surface area contributed by atoms with E-state index < -0.39 is 9.84 Å². The first-order valence-electron chi connectivity index (χ1n) is 6.93. The highest BCUT2D eigenvalue weighted by molar-refractivity contribution is 7.91. The average Bonchev–Trinajstić information content (AvgIpc) is 2.79. The first-order chi connectivity index (χ1) is 9.44. The number of sulfone groups is 1. The minimum absolute atomic E-state index is 0.176. The van der Waals surface area contributed by atoms with Gasteiger partial charge in [0, 0.05) is 18.3 Å². The van der Waals surface area contributed by atoms with Crippen LogP contribution >= 0.6 is 0 Å². The number of nitrogens with two attached hydrogens (primary N) is 1. The number of aromatic nitrogens is 1. The van der Waals surface area contributed by atoms with Crippen LogP contribution in [0.25, 0.3) is 10.9 Å². The predicted octanol–water partition coefficient (Wildman–Crippen LogP) is 1.97. The second-order valence-electron chi connectivity index (χ2n) is 5.36. The summed E-state index contributed by atoms with van der Waals surface area (Å²) in [5.74, 6) is 0.176. The number of aryl methyl sites for hydroxylation is 1. The summed E-state index contributed by atoms with van der Waals surface area (Å²) < 4.78 is 25.8. The summed E-state index contributed by atoms with van der Waals surface area (Å²) in [6.45, 7) is 4.56. The number of fused-ring (bicyclic) bond motifs is 1. The Hall–Kier alpha value is -1.33. The second kappa shape index (κ2) is 5.97. The molecule has 0 saturated heterocycles. The molecule has 0 radical (unpaired) electrons. The SMILES string of the molecule is CC(C)S(=O)(=O)CCn1ccc2ccc(CCN)cc21. The number of rotatable bonds is 6. The standard InChI is InChI=1S/C15H22N2O2S/c1-12(2)20(18,19)10-9-17-8-6-14-4-3-13(5-7-16)11-15(14)17/h3-4,6,8,11-12H,5,7,9-10,16H2,1-2H3. The van der Waals surface area contributed by atoms with Gasteiger partial charge in [-0.1, -0.05) is 12.1 Å². The fourth-order valence-electron chi connectivity index (χ4n) is 2.21. The zero-order chi connectivity index (χ0) is 14.8. The van der Waals surface area contributed by atoms with E-state index in [1.165, 1.54) is 5.56 Å². The highest BCUT2D eigenvalue weighted by Crippen LogP contribution is 2.18. The molecule has 1 heterocycles. The minimum Gasteiger partial charge on any atom is -0.346 e. The van der Waals surface area contributed by atoms with Gasteiger partial charge in [0.1, 0.15) is 0 Å². The summed E-state index contributed by atoms with van der Waals surface area (Å²) >= 11 is 0. The molecule has 0 aliphatic rings. The van der Waals surface area contributed by atoms with Crippen molar-refractivity contribution in [3.05, 3.63) is 36.0 Å². The summed E-state index contributed by atoms with van der Waals surface area (Å²) in [5, 5.41) is 0.810. The Bertz CT molecular complexity index is 687. The van der Waals surface area contributed by atoms with Gasteiger partial charge in [-0.05, 0) is 49.9 Å². The molecule has 0 atom stereocenters. The number of hydrogen-bond donors (Lipinski definition) is 1. The maximum atomic E-state index is 11.9. The summed E-state index contributed by atoms with van der Waals surface area (Å²) in [6, 6.07) is 8.26. The maximum Gasteiger partial charge on any atom is 0.154 e. The first-order valence-corrected chi connectivity index (χ1v) is 8.65. The number of hydrogen-bond acceptors (Lipinski definition) is 3. The Morgan fingerprint density at radius 3 is 2.65 bits per heavy atom. The summed E-state index contributed by atoms with van der Waals surface area (Å²) in [6.07, 6.45) is 2.79. The van der Waals surface area contributed by atoms with Gasteiger partial charge in [0.05, 0.1) is 11.0 Å². The molecule has 1 aromatic heterocycles. The van der Waals surface area contributed by atoms with Gasteiger partial charge in [-0.3, -0.25) is 0 Å². The van der Waals surface area contributed by atoms with E-state index >= 15 is 0 Å². The maximum absolute atomic E-state index is 11.9. The molecule has 0 fully saturated rings. The van der Waals surface area contributed by atoms with Crippen LogP contribution in [0.15, 0.2) is 30.5 Å². The molecule has 0 unspecified atom stereocenters. The number of nitrogens with zero attached hydrogens (tertiary/aromatic N) is 1. The van der Waals surface area contributed by atoms with Gasteiger partial charge < -0.3 is 10.3 Å². The normalized spacial score (nSPS) is 12.4. The van der Waals surface area contributed by atoms with Crippen molar-refractivity contribution in [1.29, 1.82) is 0 Å². The molecule has 5 heteroatoms. The quantitative estimate of drug-likeness (QED) is 0.886. The molecule has 0 spiro atoms. The molecular formula is C15H22N2O2S. The van der Waals surface area contributed by atoms with Crippen LogP contribution in [0.3, 0.4) is 0 Å². The molecule has 0 aliphatic carbocycles. The Morgan fingerprint density at radius 1 is 1.25 bits per heavy atom. The molecule has 0 bridgehead atoms. The van der Waals surface area contributed by atoms with Crippen molar-refractivity contribution in [2.24, 2.45) is 5.73 Å². The Labute approximate surface area is 120 Å². The lowest BCUT2D eigenvalue weighted by Gasteiger charge is -2.10. The average molecular weight is 294 g/mol. The Kier molecular flexibility index (Phi) is 4.50. The third-order valence-corrected chi connectivity index (χ3v) is 5.79. The monoisotopic (exact) mass is 294 g/mol. The molecular weight excluding hydrogens is 272 g/mol. The molecule has 0 amide bonds. The second-order valence-corrected chi connectivity index (χ2v) is 8.03. The fourth-order valence-corrected chi connectivity index (χ4v) is 3.13. The first kappa shape index (κ1) is 15.1. The number of benzene rings is 1. The highest BCUT2D eigenvalue weighted by atomic mass is 32.2. The third kappa shape index (κ3) is 3.22. The summed E-state index contributed by atoms with van der Waals surface area (Å²) in [5.41, 5.74) is 7.85. The zero-order valence-electron chi connectivity index (χ0n) is 12.0. The van der Waals surface area contributed by atoms with Crippen LogP contribution in [-0.2, 0) is 22.8 Å².